The van der Waals surface area contributed by atoms with E-state index in [9.17, 15) is 18.0 Å². The molecule has 25 heavy (non-hydrogen) atoms. The highest BCUT2D eigenvalue weighted by molar-refractivity contribution is 6.34. The molecule has 0 radical (unpaired) electrons. The van der Waals surface area contributed by atoms with Crippen molar-refractivity contribution in [2.24, 2.45) is 0 Å². The van der Waals surface area contributed by atoms with Crippen LogP contribution in [0.15, 0.2) is 24.4 Å². The molecule has 0 unspecified atom stereocenters. The maximum atomic E-state index is 12.7. The van der Waals surface area contributed by atoms with E-state index >= 15 is 0 Å². The van der Waals surface area contributed by atoms with E-state index in [4.69, 9.17) is 23.2 Å². The van der Waals surface area contributed by atoms with Crippen LogP contribution >= 0.6 is 23.2 Å². The molecule has 0 bridgehead atoms. The number of alkyl halides is 3. The first kappa shape index (κ1) is 19.5. The van der Waals surface area contributed by atoms with E-state index in [0.29, 0.717) is 23.0 Å². The van der Waals surface area contributed by atoms with Crippen LogP contribution in [0.1, 0.15) is 46.9 Å². The fourth-order valence-electron chi connectivity index (χ4n) is 2.33. The predicted octanol–water partition coefficient (Wildman–Crippen LogP) is 6.09. The molecule has 0 atom stereocenters. The first-order chi connectivity index (χ1) is 11.5. The van der Waals surface area contributed by atoms with E-state index in [2.05, 4.69) is 10.3 Å². The number of aromatic nitrogens is 1. The van der Waals surface area contributed by atoms with Crippen LogP contribution in [0.25, 0.3) is 0 Å². The number of aryl methyl sites for hydroxylation is 1. The number of rotatable bonds is 3. The lowest BCUT2D eigenvalue weighted by Gasteiger charge is -2.17. The first-order valence-corrected chi connectivity index (χ1v) is 8.10. The minimum absolute atomic E-state index is 0.0729. The van der Waals surface area contributed by atoms with Crippen molar-refractivity contribution in [1.29, 1.82) is 0 Å². The van der Waals surface area contributed by atoms with Gasteiger partial charge in [-0.3, -0.25) is 4.79 Å². The first-order valence-electron chi connectivity index (χ1n) is 7.34. The molecule has 0 aliphatic heterocycles. The maximum Gasteiger partial charge on any atom is 0.417 e. The van der Waals surface area contributed by atoms with Crippen molar-refractivity contribution in [1.82, 2.24) is 4.98 Å². The van der Waals surface area contributed by atoms with E-state index in [1.54, 1.807) is 19.1 Å². The van der Waals surface area contributed by atoms with Crippen LogP contribution in [0.4, 0.5) is 18.9 Å². The molecule has 1 heterocycles. The second-order valence-corrected chi connectivity index (χ2v) is 6.69. The number of hydrogen-bond acceptors (Lipinski definition) is 2. The van der Waals surface area contributed by atoms with Crippen LogP contribution in [0.2, 0.25) is 10.0 Å². The summed E-state index contributed by atoms with van der Waals surface area (Å²) in [6, 6.07) is 4.10. The van der Waals surface area contributed by atoms with Crippen LogP contribution < -0.4 is 5.32 Å². The van der Waals surface area contributed by atoms with Gasteiger partial charge in [0.15, 0.2) is 0 Å². The highest BCUT2D eigenvalue weighted by atomic mass is 35.5. The zero-order chi connectivity index (χ0) is 18.9. The second kappa shape index (κ2) is 7.22. The number of carbonyl (C=O) groups is 1. The van der Waals surface area contributed by atoms with Crippen molar-refractivity contribution in [2.75, 3.05) is 5.32 Å². The van der Waals surface area contributed by atoms with Gasteiger partial charge in [-0.25, -0.2) is 4.98 Å². The Morgan fingerprint density at radius 3 is 2.36 bits per heavy atom. The third-order valence-electron chi connectivity index (χ3n) is 3.57. The topological polar surface area (TPSA) is 42.0 Å². The van der Waals surface area contributed by atoms with Crippen LogP contribution in [0.3, 0.4) is 0 Å². The third-order valence-corrected chi connectivity index (χ3v) is 4.08. The molecule has 134 valence electrons. The smallest absolute Gasteiger partial charge is 0.320 e. The number of anilines is 1. The largest absolute Gasteiger partial charge is 0.417 e. The van der Waals surface area contributed by atoms with Crippen molar-refractivity contribution < 1.29 is 18.0 Å². The minimum atomic E-state index is -4.58. The highest BCUT2D eigenvalue weighted by Crippen LogP contribution is 2.33. The Morgan fingerprint density at radius 2 is 1.84 bits per heavy atom. The lowest BCUT2D eigenvalue weighted by Crippen LogP contribution is -2.18. The van der Waals surface area contributed by atoms with Crippen molar-refractivity contribution in [3.63, 3.8) is 0 Å². The molecular formula is C17H15Cl2F3N2O. The molecule has 0 saturated heterocycles. The molecule has 1 amide bonds. The SMILES string of the molecule is Cc1cc(Cl)cc(C(C)C)c1NC(=O)c1ncc(C(F)(F)F)cc1Cl. The number of pyridine rings is 1. The fourth-order valence-corrected chi connectivity index (χ4v) is 2.86. The summed E-state index contributed by atoms with van der Waals surface area (Å²) in [5.74, 6) is -0.616. The van der Waals surface area contributed by atoms with Crippen molar-refractivity contribution >= 4 is 34.8 Å². The predicted molar refractivity (Wildman–Crippen MR) is 92.5 cm³/mol. The Morgan fingerprint density at radius 1 is 1.20 bits per heavy atom. The van der Waals surface area contributed by atoms with Gasteiger partial charge < -0.3 is 5.32 Å². The van der Waals surface area contributed by atoms with Crippen molar-refractivity contribution in [3.8, 4) is 0 Å². The summed E-state index contributed by atoms with van der Waals surface area (Å²) >= 11 is 11.9. The van der Waals surface area contributed by atoms with Crippen LogP contribution in [0, 0.1) is 6.92 Å². The molecule has 3 nitrogen and oxygen atoms in total. The highest BCUT2D eigenvalue weighted by Gasteiger charge is 2.32. The summed E-state index contributed by atoms with van der Waals surface area (Å²) < 4.78 is 38.0. The summed E-state index contributed by atoms with van der Waals surface area (Å²) in [4.78, 5) is 16.0. The van der Waals surface area contributed by atoms with Crippen molar-refractivity contribution in [2.45, 2.75) is 32.9 Å². The quantitative estimate of drug-likeness (QED) is 0.688. The molecule has 0 fully saturated rings. The zero-order valence-electron chi connectivity index (χ0n) is 13.6. The molecule has 1 N–H and O–H groups in total. The van der Waals surface area contributed by atoms with Gasteiger partial charge >= 0.3 is 6.18 Å². The van der Waals surface area contributed by atoms with Crippen LogP contribution in [-0.2, 0) is 6.18 Å². The summed E-state index contributed by atoms with van der Waals surface area (Å²) in [5, 5.41) is 2.84. The Hall–Kier alpha value is -1.79. The summed E-state index contributed by atoms with van der Waals surface area (Å²) in [5.41, 5.74) is 0.787. The van der Waals surface area contributed by atoms with E-state index in [1.807, 2.05) is 13.8 Å². The Labute approximate surface area is 153 Å². The number of amides is 1. The summed E-state index contributed by atoms with van der Waals surface area (Å²) in [6.07, 6.45) is -4.00. The number of nitrogens with zero attached hydrogens (tertiary/aromatic N) is 1. The molecule has 0 aliphatic rings. The number of carbonyl (C=O) groups excluding carboxylic acids is 1. The number of halogens is 5. The van der Waals surface area contributed by atoms with Gasteiger partial charge in [-0.1, -0.05) is 37.0 Å². The molecular weight excluding hydrogens is 376 g/mol. The van der Waals surface area contributed by atoms with Gasteiger partial charge in [0.1, 0.15) is 5.69 Å². The average molecular weight is 391 g/mol. The molecule has 0 saturated carbocycles. The minimum Gasteiger partial charge on any atom is -0.320 e. The summed E-state index contributed by atoms with van der Waals surface area (Å²) in [6.45, 7) is 5.64. The van der Waals surface area contributed by atoms with E-state index in [-0.39, 0.29) is 16.6 Å². The fraction of sp³-hybridized carbons (Fsp3) is 0.294. The van der Waals surface area contributed by atoms with E-state index in [1.165, 1.54) is 0 Å². The molecule has 0 spiro atoms. The zero-order valence-corrected chi connectivity index (χ0v) is 15.1. The van der Waals surface area contributed by atoms with E-state index < -0.39 is 17.6 Å². The van der Waals surface area contributed by atoms with Gasteiger partial charge in [0.25, 0.3) is 5.91 Å². The van der Waals surface area contributed by atoms with Gasteiger partial charge in [-0.05, 0) is 42.2 Å². The molecule has 0 aliphatic carbocycles. The van der Waals surface area contributed by atoms with Gasteiger partial charge in [-0.15, -0.1) is 0 Å². The van der Waals surface area contributed by atoms with Gasteiger partial charge in [0.2, 0.25) is 0 Å². The molecule has 8 heteroatoms. The Bertz CT molecular complexity index is 820. The lowest BCUT2D eigenvalue weighted by molar-refractivity contribution is -0.137. The Balaban J connectivity index is 2.38. The number of hydrogen-bond donors (Lipinski definition) is 1. The van der Waals surface area contributed by atoms with Crippen LogP contribution in [0.5, 0.6) is 0 Å². The molecule has 1 aromatic heterocycles. The standard InChI is InChI=1S/C17H15Cl2F3N2O/c1-8(2)12-6-11(18)4-9(3)14(12)24-16(25)15-13(19)5-10(7-23-15)17(20,21)22/h4-8H,1-3H3,(H,24,25). The summed E-state index contributed by atoms with van der Waals surface area (Å²) in [7, 11) is 0. The number of nitrogens with one attached hydrogen (secondary N) is 1. The maximum absolute atomic E-state index is 12.7. The monoisotopic (exact) mass is 390 g/mol. The number of benzene rings is 1. The average Bonchev–Trinajstić information content (AvgIpc) is 2.48. The van der Waals surface area contributed by atoms with Gasteiger partial charge in [0, 0.05) is 16.9 Å². The normalized spacial score (nSPS) is 11.7. The van der Waals surface area contributed by atoms with Crippen molar-refractivity contribution in [3.05, 3.63) is 56.8 Å². The van der Waals surface area contributed by atoms with Gasteiger partial charge in [-0.2, -0.15) is 13.2 Å². The molecule has 1 aromatic carbocycles. The Kier molecular flexibility index (Phi) is 5.64. The third kappa shape index (κ3) is 4.44. The van der Waals surface area contributed by atoms with Crippen LogP contribution in [-0.4, -0.2) is 10.9 Å². The lowest BCUT2D eigenvalue weighted by atomic mass is 9.98. The van der Waals surface area contributed by atoms with E-state index in [0.717, 1.165) is 11.1 Å². The second-order valence-electron chi connectivity index (χ2n) is 5.85. The molecule has 2 rings (SSSR count). The molecule has 2 aromatic rings. The van der Waals surface area contributed by atoms with Gasteiger partial charge in [0.05, 0.1) is 10.6 Å².